The maximum Gasteiger partial charge on any atom is 0.253 e. The Morgan fingerprint density at radius 1 is 1.56 bits per heavy atom. The molecular weight excluding hydrogens is 313 g/mol. The minimum Gasteiger partial charge on any atom is -0.349 e. The summed E-state index contributed by atoms with van der Waals surface area (Å²) < 4.78 is 0.715. The number of carbonyl (C=O) groups excluding carboxylic acids is 1. The monoisotopic (exact) mass is 323 g/mol. The van der Waals surface area contributed by atoms with Gasteiger partial charge in [-0.3, -0.25) is 4.79 Å². The third-order valence-electron chi connectivity index (χ3n) is 2.12. The SMILES string of the molecule is CC(CCCl)NC(=O)c1cccc(Br)c1Cl. The average Bonchev–Trinajstić information content (AvgIpc) is 2.22. The zero-order chi connectivity index (χ0) is 12.1. The lowest BCUT2D eigenvalue weighted by molar-refractivity contribution is 0.0939. The largest absolute Gasteiger partial charge is 0.349 e. The zero-order valence-electron chi connectivity index (χ0n) is 8.77. The number of rotatable bonds is 4. The zero-order valence-corrected chi connectivity index (χ0v) is 11.9. The van der Waals surface area contributed by atoms with Crippen molar-refractivity contribution in [3.63, 3.8) is 0 Å². The van der Waals surface area contributed by atoms with Crippen LogP contribution >= 0.6 is 39.1 Å². The van der Waals surface area contributed by atoms with Crippen LogP contribution < -0.4 is 5.32 Å². The summed E-state index contributed by atoms with van der Waals surface area (Å²) in [6, 6.07) is 5.30. The van der Waals surface area contributed by atoms with Crippen LogP contribution in [0.3, 0.4) is 0 Å². The van der Waals surface area contributed by atoms with Crippen LogP contribution in [0.4, 0.5) is 0 Å². The van der Waals surface area contributed by atoms with E-state index in [1.54, 1.807) is 18.2 Å². The standard InChI is InChI=1S/C11H12BrCl2NO/c1-7(5-6-13)15-11(16)8-3-2-4-9(12)10(8)14/h2-4,7H,5-6H2,1H3,(H,15,16). The van der Waals surface area contributed by atoms with E-state index in [4.69, 9.17) is 23.2 Å². The molecule has 16 heavy (non-hydrogen) atoms. The van der Waals surface area contributed by atoms with Gasteiger partial charge in [0.1, 0.15) is 0 Å². The van der Waals surface area contributed by atoms with E-state index in [-0.39, 0.29) is 11.9 Å². The lowest BCUT2D eigenvalue weighted by Gasteiger charge is -2.13. The number of alkyl halides is 1. The Bertz CT molecular complexity index is 384. The molecule has 1 aromatic rings. The molecular formula is C11H12BrCl2NO. The molecule has 0 spiro atoms. The van der Waals surface area contributed by atoms with Crippen molar-refractivity contribution in [2.75, 3.05) is 5.88 Å². The molecule has 0 bridgehead atoms. The van der Waals surface area contributed by atoms with Crippen LogP contribution in [-0.2, 0) is 0 Å². The van der Waals surface area contributed by atoms with Gasteiger partial charge in [0.25, 0.3) is 5.91 Å². The number of amides is 1. The maximum absolute atomic E-state index is 11.8. The summed E-state index contributed by atoms with van der Waals surface area (Å²) in [5.74, 6) is 0.345. The van der Waals surface area contributed by atoms with Crippen molar-refractivity contribution >= 4 is 45.0 Å². The molecule has 0 radical (unpaired) electrons. The van der Waals surface area contributed by atoms with Crippen LogP contribution in [0, 0.1) is 0 Å². The molecule has 2 nitrogen and oxygen atoms in total. The summed E-state index contributed by atoms with van der Waals surface area (Å²) in [5, 5.41) is 3.27. The third kappa shape index (κ3) is 3.65. The first-order valence-electron chi connectivity index (χ1n) is 4.87. The predicted octanol–water partition coefficient (Wildman–Crippen LogP) is 3.85. The minimum absolute atomic E-state index is 0.0417. The highest BCUT2D eigenvalue weighted by atomic mass is 79.9. The lowest BCUT2D eigenvalue weighted by Crippen LogP contribution is -2.33. The Morgan fingerprint density at radius 3 is 2.88 bits per heavy atom. The molecule has 1 aromatic carbocycles. The number of hydrogen-bond acceptors (Lipinski definition) is 1. The van der Waals surface area contributed by atoms with Crippen LogP contribution in [0.5, 0.6) is 0 Å². The van der Waals surface area contributed by atoms with Gasteiger partial charge in [-0.1, -0.05) is 17.7 Å². The second-order valence-corrected chi connectivity index (χ2v) is 5.06. The fourth-order valence-electron chi connectivity index (χ4n) is 1.22. The molecule has 0 aliphatic rings. The summed E-state index contributed by atoms with van der Waals surface area (Å²) in [6.07, 6.45) is 0.735. The highest BCUT2D eigenvalue weighted by Gasteiger charge is 2.14. The highest BCUT2D eigenvalue weighted by Crippen LogP contribution is 2.25. The summed E-state index contributed by atoms with van der Waals surface area (Å²) >= 11 is 14.9. The van der Waals surface area contributed by atoms with Crippen LogP contribution in [0.1, 0.15) is 23.7 Å². The van der Waals surface area contributed by atoms with Crippen molar-refractivity contribution in [2.45, 2.75) is 19.4 Å². The van der Waals surface area contributed by atoms with Crippen LogP contribution in [0.25, 0.3) is 0 Å². The Morgan fingerprint density at radius 2 is 2.25 bits per heavy atom. The number of carbonyl (C=O) groups is 1. The van der Waals surface area contributed by atoms with Crippen molar-refractivity contribution in [3.05, 3.63) is 33.3 Å². The molecule has 0 saturated heterocycles. The van der Waals surface area contributed by atoms with Gasteiger partial charge in [-0.05, 0) is 41.4 Å². The van der Waals surface area contributed by atoms with Crippen LogP contribution in [-0.4, -0.2) is 17.8 Å². The predicted molar refractivity (Wildman–Crippen MR) is 71.4 cm³/mol. The third-order valence-corrected chi connectivity index (χ3v) is 3.63. The quantitative estimate of drug-likeness (QED) is 0.837. The van der Waals surface area contributed by atoms with E-state index in [9.17, 15) is 4.79 Å². The molecule has 1 N–H and O–H groups in total. The lowest BCUT2D eigenvalue weighted by atomic mass is 10.2. The van der Waals surface area contributed by atoms with E-state index < -0.39 is 0 Å². The van der Waals surface area contributed by atoms with Gasteiger partial charge >= 0.3 is 0 Å². The van der Waals surface area contributed by atoms with Gasteiger partial charge in [0.2, 0.25) is 0 Å². The fraction of sp³-hybridized carbons (Fsp3) is 0.364. The number of hydrogen-bond donors (Lipinski definition) is 1. The van der Waals surface area contributed by atoms with Crippen molar-refractivity contribution in [3.8, 4) is 0 Å². The molecule has 0 aliphatic carbocycles. The van der Waals surface area contributed by atoms with E-state index >= 15 is 0 Å². The van der Waals surface area contributed by atoms with E-state index in [1.165, 1.54) is 0 Å². The Labute approximate surface area is 113 Å². The highest BCUT2D eigenvalue weighted by molar-refractivity contribution is 9.10. The van der Waals surface area contributed by atoms with E-state index in [1.807, 2.05) is 6.92 Å². The summed E-state index contributed by atoms with van der Waals surface area (Å²) in [5.41, 5.74) is 0.470. The van der Waals surface area contributed by atoms with Gasteiger partial charge in [-0.2, -0.15) is 0 Å². The van der Waals surface area contributed by atoms with Crippen LogP contribution in [0.15, 0.2) is 22.7 Å². The summed E-state index contributed by atoms with van der Waals surface area (Å²) in [4.78, 5) is 11.8. The average molecular weight is 325 g/mol. The van der Waals surface area contributed by atoms with Gasteiger partial charge in [0.05, 0.1) is 10.6 Å². The van der Waals surface area contributed by atoms with Crippen molar-refractivity contribution in [2.24, 2.45) is 0 Å². The normalized spacial score (nSPS) is 12.2. The van der Waals surface area contributed by atoms with Gasteiger partial charge in [0, 0.05) is 16.4 Å². The molecule has 0 aromatic heterocycles. The first-order chi connectivity index (χ1) is 7.56. The second-order valence-electron chi connectivity index (χ2n) is 3.45. The molecule has 1 unspecified atom stereocenters. The molecule has 1 atom stereocenters. The van der Waals surface area contributed by atoms with Crippen molar-refractivity contribution < 1.29 is 4.79 Å². The fourth-order valence-corrected chi connectivity index (χ4v) is 2.12. The first kappa shape index (κ1) is 13.8. The molecule has 0 saturated carbocycles. The van der Waals surface area contributed by atoms with E-state index in [2.05, 4.69) is 21.2 Å². The minimum atomic E-state index is -0.177. The van der Waals surface area contributed by atoms with Gasteiger partial charge in [-0.25, -0.2) is 0 Å². The second kappa shape index (κ2) is 6.48. The number of nitrogens with one attached hydrogen (secondary N) is 1. The Kier molecular flexibility index (Phi) is 5.59. The molecule has 0 fully saturated rings. The summed E-state index contributed by atoms with van der Waals surface area (Å²) in [6.45, 7) is 1.91. The molecule has 5 heteroatoms. The van der Waals surface area contributed by atoms with Crippen molar-refractivity contribution in [1.82, 2.24) is 5.32 Å². The molecule has 88 valence electrons. The maximum atomic E-state index is 11.8. The molecule has 1 rings (SSSR count). The Balaban J connectivity index is 2.77. The van der Waals surface area contributed by atoms with E-state index in [0.717, 1.165) is 6.42 Å². The number of halogens is 3. The Hall–Kier alpha value is -0.250. The number of benzene rings is 1. The topological polar surface area (TPSA) is 29.1 Å². The van der Waals surface area contributed by atoms with Gasteiger partial charge < -0.3 is 5.32 Å². The molecule has 0 aliphatic heterocycles. The first-order valence-corrected chi connectivity index (χ1v) is 6.57. The van der Waals surface area contributed by atoms with E-state index in [0.29, 0.717) is 20.9 Å². The molecule has 0 heterocycles. The summed E-state index contributed by atoms with van der Waals surface area (Å²) in [7, 11) is 0. The van der Waals surface area contributed by atoms with Crippen molar-refractivity contribution in [1.29, 1.82) is 0 Å². The van der Waals surface area contributed by atoms with Crippen LogP contribution in [0.2, 0.25) is 5.02 Å². The van der Waals surface area contributed by atoms with Gasteiger partial charge in [0.15, 0.2) is 0 Å². The molecule has 1 amide bonds. The van der Waals surface area contributed by atoms with Gasteiger partial charge in [-0.15, -0.1) is 11.6 Å². The smallest absolute Gasteiger partial charge is 0.253 e.